The number of nitrogens with zero attached hydrogens (tertiary/aromatic N) is 1. The van der Waals surface area contributed by atoms with Crippen molar-refractivity contribution in [3.05, 3.63) is 10.6 Å². The van der Waals surface area contributed by atoms with E-state index in [1.54, 1.807) is 6.92 Å². The third-order valence-electron chi connectivity index (χ3n) is 2.27. The van der Waals surface area contributed by atoms with Crippen LogP contribution in [0.3, 0.4) is 0 Å². The molecule has 0 aliphatic carbocycles. The number of aryl methyl sites for hydroxylation is 1. The van der Waals surface area contributed by atoms with Gasteiger partial charge in [0.05, 0.1) is 6.61 Å². The van der Waals surface area contributed by atoms with E-state index in [9.17, 15) is 9.59 Å². The van der Waals surface area contributed by atoms with Gasteiger partial charge in [-0.3, -0.25) is 4.79 Å². The second kappa shape index (κ2) is 7.73. The average molecular weight is 285 g/mol. The molecule has 0 aliphatic heterocycles. The SMILES string of the molecule is CCNC(=O)CCNc1nc(C(=O)OCC)c(C)s1. The number of hydrogen-bond donors (Lipinski definition) is 2. The van der Waals surface area contributed by atoms with Gasteiger partial charge in [-0.05, 0) is 20.8 Å². The summed E-state index contributed by atoms with van der Waals surface area (Å²) in [5, 5.41) is 6.37. The zero-order chi connectivity index (χ0) is 14.3. The van der Waals surface area contributed by atoms with Crippen LogP contribution in [0.1, 0.15) is 35.6 Å². The minimum atomic E-state index is -0.409. The molecule has 0 radical (unpaired) electrons. The van der Waals surface area contributed by atoms with Gasteiger partial charge >= 0.3 is 5.97 Å². The maximum atomic E-state index is 11.6. The van der Waals surface area contributed by atoms with E-state index in [-0.39, 0.29) is 5.91 Å². The molecule has 7 heteroatoms. The van der Waals surface area contributed by atoms with Gasteiger partial charge in [-0.2, -0.15) is 0 Å². The lowest BCUT2D eigenvalue weighted by Crippen LogP contribution is -2.24. The number of carbonyl (C=O) groups excluding carboxylic acids is 2. The number of hydrogen-bond acceptors (Lipinski definition) is 6. The predicted molar refractivity (Wildman–Crippen MR) is 74.6 cm³/mol. The van der Waals surface area contributed by atoms with Gasteiger partial charge < -0.3 is 15.4 Å². The van der Waals surface area contributed by atoms with E-state index < -0.39 is 5.97 Å². The molecule has 0 atom stereocenters. The molecule has 0 aliphatic rings. The molecule has 0 saturated heterocycles. The molecule has 0 saturated carbocycles. The minimum absolute atomic E-state index is 0.00565. The molecule has 2 N–H and O–H groups in total. The Morgan fingerprint density at radius 2 is 2.11 bits per heavy atom. The number of aromatic nitrogens is 1. The fourth-order valence-corrected chi connectivity index (χ4v) is 2.26. The first-order valence-corrected chi connectivity index (χ1v) is 7.05. The number of esters is 1. The number of ether oxygens (including phenoxy) is 1. The molecule has 0 aromatic carbocycles. The molecule has 1 aromatic heterocycles. The first-order chi connectivity index (χ1) is 9.08. The molecule has 0 unspecified atom stereocenters. The van der Waals surface area contributed by atoms with Crippen LogP contribution >= 0.6 is 11.3 Å². The number of nitrogens with one attached hydrogen (secondary N) is 2. The molecule has 6 nitrogen and oxygen atoms in total. The Balaban J connectivity index is 2.49. The molecular weight excluding hydrogens is 266 g/mol. The molecule has 106 valence electrons. The van der Waals surface area contributed by atoms with Crippen LogP contribution in [-0.4, -0.2) is 36.6 Å². The van der Waals surface area contributed by atoms with Crippen molar-refractivity contribution in [3.63, 3.8) is 0 Å². The van der Waals surface area contributed by atoms with E-state index in [0.29, 0.717) is 36.9 Å². The van der Waals surface area contributed by atoms with Crippen molar-refractivity contribution in [2.45, 2.75) is 27.2 Å². The van der Waals surface area contributed by atoms with Gasteiger partial charge in [-0.25, -0.2) is 9.78 Å². The van der Waals surface area contributed by atoms with Gasteiger partial charge in [-0.1, -0.05) is 0 Å². The maximum absolute atomic E-state index is 11.6. The summed E-state index contributed by atoms with van der Waals surface area (Å²) in [6.07, 6.45) is 0.376. The maximum Gasteiger partial charge on any atom is 0.358 e. The van der Waals surface area contributed by atoms with E-state index in [0.717, 1.165) is 4.88 Å². The lowest BCUT2D eigenvalue weighted by atomic mass is 10.4. The summed E-state index contributed by atoms with van der Waals surface area (Å²) in [5.41, 5.74) is 0.340. The normalized spacial score (nSPS) is 10.1. The van der Waals surface area contributed by atoms with Gasteiger partial charge in [0.15, 0.2) is 10.8 Å². The highest BCUT2D eigenvalue weighted by Crippen LogP contribution is 2.22. The first-order valence-electron chi connectivity index (χ1n) is 6.23. The third-order valence-corrected chi connectivity index (χ3v) is 3.20. The van der Waals surface area contributed by atoms with Crippen molar-refractivity contribution >= 4 is 28.3 Å². The molecular formula is C12H19N3O3S. The highest BCUT2D eigenvalue weighted by molar-refractivity contribution is 7.15. The Bertz CT molecular complexity index is 445. The molecule has 0 fully saturated rings. The Kier molecular flexibility index (Phi) is 6.27. The summed E-state index contributed by atoms with van der Waals surface area (Å²) in [4.78, 5) is 27.8. The predicted octanol–water partition coefficient (Wildman–Crippen LogP) is 1.57. The van der Waals surface area contributed by atoms with Gasteiger partial charge in [-0.15, -0.1) is 11.3 Å². The van der Waals surface area contributed by atoms with Crippen molar-refractivity contribution in [1.82, 2.24) is 10.3 Å². The molecule has 0 bridgehead atoms. The van der Waals surface area contributed by atoms with E-state index in [4.69, 9.17) is 4.74 Å². The second-order valence-corrected chi connectivity index (χ2v) is 4.98. The number of rotatable bonds is 7. The van der Waals surface area contributed by atoms with E-state index in [1.807, 2.05) is 13.8 Å². The van der Waals surface area contributed by atoms with Crippen molar-refractivity contribution in [2.75, 3.05) is 25.0 Å². The zero-order valence-electron chi connectivity index (χ0n) is 11.4. The zero-order valence-corrected chi connectivity index (χ0v) is 12.2. The smallest absolute Gasteiger partial charge is 0.358 e. The van der Waals surface area contributed by atoms with Gasteiger partial charge in [0.2, 0.25) is 5.91 Å². The summed E-state index contributed by atoms with van der Waals surface area (Å²) in [6, 6.07) is 0. The summed E-state index contributed by atoms with van der Waals surface area (Å²) >= 11 is 1.38. The monoisotopic (exact) mass is 285 g/mol. The van der Waals surface area contributed by atoms with Crippen LogP contribution in [-0.2, 0) is 9.53 Å². The third kappa shape index (κ3) is 4.86. The molecule has 1 amide bonds. The van der Waals surface area contributed by atoms with E-state index in [2.05, 4.69) is 15.6 Å². The fourth-order valence-electron chi connectivity index (χ4n) is 1.43. The topological polar surface area (TPSA) is 80.3 Å². The summed E-state index contributed by atoms with van der Waals surface area (Å²) in [7, 11) is 0. The van der Waals surface area contributed by atoms with Gasteiger partial charge in [0.1, 0.15) is 0 Å². The standard InChI is InChI=1S/C12H19N3O3S/c1-4-13-9(16)6-7-14-12-15-10(8(3)19-12)11(17)18-5-2/h4-7H2,1-3H3,(H,13,16)(H,14,15). The number of thiazole rings is 1. The molecule has 19 heavy (non-hydrogen) atoms. The summed E-state index contributed by atoms with van der Waals surface area (Å²) in [5.74, 6) is -0.415. The molecule has 1 aromatic rings. The van der Waals surface area contributed by atoms with Crippen LogP contribution < -0.4 is 10.6 Å². The lowest BCUT2D eigenvalue weighted by Gasteiger charge is -2.02. The van der Waals surface area contributed by atoms with E-state index in [1.165, 1.54) is 11.3 Å². The van der Waals surface area contributed by atoms with Gasteiger partial charge in [0, 0.05) is 24.4 Å². The van der Waals surface area contributed by atoms with Crippen LogP contribution in [0.4, 0.5) is 5.13 Å². The Morgan fingerprint density at radius 1 is 1.37 bits per heavy atom. The molecule has 1 heterocycles. The van der Waals surface area contributed by atoms with Crippen molar-refractivity contribution in [2.24, 2.45) is 0 Å². The Morgan fingerprint density at radius 3 is 2.74 bits per heavy atom. The van der Waals surface area contributed by atoms with Crippen molar-refractivity contribution < 1.29 is 14.3 Å². The minimum Gasteiger partial charge on any atom is -0.461 e. The average Bonchev–Trinajstić information content (AvgIpc) is 2.71. The Labute approximate surface area is 116 Å². The fraction of sp³-hybridized carbons (Fsp3) is 0.583. The summed E-state index contributed by atoms with van der Waals surface area (Å²) < 4.78 is 4.91. The van der Waals surface area contributed by atoms with Crippen LogP contribution in [0.25, 0.3) is 0 Å². The molecule has 0 spiro atoms. The number of amides is 1. The quantitative estimate of drug-likeness (QED) is 0.743. The summed E-state index contributed by atoms with van der Waals surface area (Å²) in [6.45, 7) is 6.89. The first kappa shape index (κ1) is 15.4. The second-order valence-electron chi connectivity index (χ2n) is 3.77. The highest BCUT2D eigenvalue weighted by atomic mass is 32.1. The van der Waals surface area contributed by atoms with Crippen LogP contribution in [0.2, 0.25) is 0 Å². The van der Waals surface area contributed by atoms with Crippen LogP contribution in [0.5, 0.6) is 0 Å². The highest BCUT2D eigenvalue weighted by Gasteiger charge is 2.16. The number of anilines is 1. The van der Waals surface area contributed by atoms with E-state index >= 15 is 0 Å². The van der Waals surface area contributed by atoms with Crippen LogP contribution in [0.15, 0.2) is 0 Å². The largest absolute Gasteiger partial charge is 0.461 e. The Hall–Kier alpha value is -1.63. The van der Waals surface area contributed by atoms with Gasteiger partial charge in [0.25, 0.3) is 0 Å². The van der Waals surface area contributed by atoms with Crippen molar-refractivity contribution in [3.8, 4) is 0 Å². The lowest BCUT2D eigenvalue weighted by molar-refractivity contribution is -0.120. The molecule has 1 rings (SSSR count). The van der Waals surface area contributed by atoms with Crippen molar-refractivity contribution in [1.29, 1.82) is 0 Å². The van der Waals surface area contributed by atoms with Crippen LogP contribution in [0, 0.1) is 6.92 Å². The number of carbonyl (C=O) groups is 2.